The molecule has 0 rings (SSSR count). The second-order valence-electron chi connectivity index (χ2n) is 4.00. The molecule has 0 saturated heterocycles. The van der Waals surface area contributed by atoms with E-state index in [1.165, 1.54) is 25.7 Å². The fourth-order valence-corrected chi connectivity index (χ4v) is 1.10. The van der Waals surface area contributed by atoms with Crippen molar-refractivity contribution in [1.29, 1.82) is 0 Å². The topological polar surface area (TPSA) is 176 Å². The Balaban J connectivity index is -0.000000107. The summed E-state index contributed by atoms with van der Waals surface area (Å²) in [4.78, 5) is 17.1. The molecule has 0 aliphatic carbocycles. The molecule has 0 bridgehead atoms. The van der Waals surface area contributed by atoms with Gasteiger partial charge in [0.25, 0.3) is 0 Å². The molecule has 9 nitrogen and oxygen atoms in total. The van der Waals surface area contributed by atoms with Crippen molar-refractivity contribution < 1.29 is 34.8 Å². The average molecular weight is 328 g/mol. The zero-order chi connectivity index (χ0) is 18.4. The SMILES string of the molecule is CCCCC(CC)CN.COCCN.O=C(O)O.O=C(O)O. The normalized spacial score (nSPS) is 9.68. The van der Waals surface area contributed by atoms with Gasteiger partial charge in [0.15, 0.2) is 0 Å². The number of unbranched alkanes of at least 4 members (excludes halogenated alkanes) is 1. The van der Waals surface area contributed by atoms with Crippen molar-refractivity contribution in [3.8, 4) is 0 Å². The number of carboxylic acid groups (broad SMARTS) is 4. The fourth-order valence-electron chi connectivity index (χ4n) is 1.10. The largest absolute Gasteiger partial charge is 0.503 e. The Morgan fingerprint density at radius 3 is 1.59 bits per heavy atom. The fraction of sp³-hybridized carbons (Fsp3) is 0.846. The van der Waals surface area contributed by atoms with Crippen LogP contribution in [0.15, 0.2) is 0 Å². The van der Waals surface area contributed by atoms with Crippen LogP contribution in [0.4, 0.5) is 9.59 Å². The molecule has 0 saturated carbocycles. The number of hydrogen-bond donors (Lipinski definition) is 6. The summed E-state index contributed by atoms with van der Waals surface area (Å²) in [6.45, 7) is 6.60. The molecule has 136 valence electrons. The lowest BCUT2D eigenvalue weighted by molar-refractivity contribution is 0.135. The lowest BCUT2D eigenvalue weighted by Gasteiger charge is -2.09. The van der Waals surface area contributed by atoms with Crippen molar-refractivity contribution in [2.75, 3.05) is 26.8 Å². The summed E-state index contributed by atoms with van der Waals surface area (Å²) in [5.41, 5.74) is 10.5. The van der Waals surface area contributed by atoms with Gasteiger partial charge in [-0.15, -0.1) is 0 Å². The molecular formula is C13H32N2O7. The predicted octanol–water partition coefficient (Wildman–Crippen LogP) is 2.20. The second kappa shape index (κ2) is 27.7. The summed E-state index contributed by atoms with van der Waals surface area (Å²) in [6, 6.07) is 0. The molecule has 0 aliphatic rings. The van der Waals surface area contributed by atoms with Crippen molar-refractivity contribution in [2.24, 2.45) is 17.4 Å². The van der Waals surface area contributed by atoms with E-state index in [-0.39, 0.29) is 0 Å². The van der Waals surface area contributed by atoms with Crippen molar-refractivity contribution in [2.45, 2.75) is 39.5 Å². The minimum atomic E-state index is -1.83. The number of hydrogen-bond acceptors (Lipinski definition) is 5. The summed E-state index contributed by atoms with van der Waals surface area (Å²) in [6.07, 6.45) is 1.55. The minimum Gasteiger partial charge on any atom is -0.450 e. The smallest absolute Gasteiger partial charge is 0.450 e. The van der Waals surface area contributed by atoms with E-state index in [1.54, 1.807) is 7.11 Å². The molecule has 0 amide bonds. The summed E-state index contributed by atoms with van der Waals surface area (Å²) in [5.74, 6) is 0.782. The van der Waals surface area contributed by atoms with Crippen LogP contribution in [0.3, 0.4) is 0 Å². The molecule has 0 aromatic rings. The van der Waals surface area contributed by atoms with Crippen LogP contribution in [0.25, 0.3) is 0 Å². The van der Waals surface area contributed by atoms with Gasteiger partial charge in [0, 0.05) is 13.7 Å². The van der Waals surface area contributed by atoms with Crippen LogP contribution < -0.4 is 11.5 Å². The summed E-state index contributed by atoms with van der Waals surface area (Å²) >= 11 is 0. The first-order valence-corrected chi connectivity index (χ1v) is 6.96. The average Bonchev–Trinajstić information content (AvgIpc) is 2.40. The predicted molar refractivity (Wildman–Crippen MR) is 84.6 cm³/mol. The van der Waals surface area contributed by atoms with E-state index in [9.17, 15) is 0 Å². The van der Waals surface area contributed by atoms with E-state index in [0.717, 1.165) is 12.5 Å². The van der Waals surface area contributed by atoms with Gasteiger partial charge < -0.3 is 36.6 Å². The summed E-state index contributed by atoms with van der Waals surface area (Å²) in [5, 5.41) is 27.9. The van der Waals surface area contributed by atoms with Crippen molar-refractivity contribution in [1.82, 2.24) is 0 Å². The van der Waals surface area contributed by atoms with Gasteiger partial charge >= 0.3 is 12.3 Å². The van der Waals surface area contributed by atoms with E-state index >= 15 is 0 Å². The third-order valence-electron chi connectivity index (χ3n) is 2.20. The number of methoxy groups -OCH3 is 1. The van der Waals surface area contributed by atoms with Crippen LogP contribution in [0.5, 0.6) is 0 Å². The molecule has 0 heterocycles. The van der Waals surface area contributed by atoms with Gasteiger partial charge in [0.05, 0.1) is 6.61 Å². The Hall–Kier alpha value is -1.58. The van der Waals surface area contributed by atoms with Crippen LogP contribution in [0.2, 0.25) is 0 Å². The number of nitrogens with two attached hydrogens (primary N) is 2. The molecule has 9 heteroatoms. The zero-order valence-corrected chi connectivity index (χ0v) is 13.7. The van der Waals surface area contributed by atoms with E-state index in [1.807, 2.05) is 0 Å². The molecule has 0 fully saturated rings. The molecule has 0 aromatic heterocycles. The second-order valence-corrected chi connectivity index (χ2v) is 4.00. The molecule has 0 aromatic carbocycles. The van der Waals surface area contributed by atoms with Crippen LogP contribution in [0, 0.1) is 5.92 Å². The number of carbonyl (C=O) groups is 2. The van der Waals surface area contributed by atoms with Crippen molar-refractivity contribution >= 4 is 12.3 Å². The van der Waals surface area contributed by atoms with Gasteiger partial charge in [-0.1, -0.05) is 33.1 Å². The lowest BCUT2D eigenvalue weighted by Crippen LogP contribution is -2.12. The third kappa shape index (κ3) is 78.8. The van der Waals surface area contributed by atoms with Gasteiger partial charge in [0.1, 0.15) is 0 Å². The first-order valence-electron chi connectivity index (χ1n) is 6.96. The monoisotopic (exact) mass is 328 g/mol. The first-order chi connectivity index (χ1) is 10.2. The maximum Gasteiger partial charge on any atom is 0.503 e. The van der Waals surface area contributed by atoms with E-state index < -0.39 is 12.3 Å². The van der Waals surface area contributed by atoms with Crippen LogP contribution >= 0.6 is 0 Å². The van der Waals surface area contributed by atoms with Crippen molar-refractivity contribution in [3.63, 3.8) is 0 Å². The Morgan fingerprint density at radius 1 is 1.05 bits per heavy atom. The molecule has 8 N–H and O–H groups in total. The van der Waals surface area contributed by atoms with Crippen LogP contribution in [0.1, 0.15) is 39.5 Å². The first kappa shape index (κ1) is 28.6. The highest BCUT2D eigenvalue weighted by Gasteiger charge is 2.00. The number of ether oxygens (including phenoxy) is 1. The summed E-state index contributed by atoms with van der Waals surface area (Å²) < 4.78 is 4.57. The van der Waals surface area contributed by atoms with Crippen LogP contribution in [-0.4, -0.2) is 59.5 Å². The molecule has 1 atom stereocenters. The van der Waals surface area contributed by atoms with Crippen LogP contribution in [-0.2, 0) is 4.74 Å². The van der Waals surface area contributed by atoms with Gasteiger partial charge in [0.2, 0.25) is 0 Å². The molecule has 1 unspecified atom stereocenters. The third-order valence-corrected chi connectivity index (χ3v) is 2.20. The highest BCUT2D eigenvalue weighted by molar-refractivity contribution is 5.53. The van der Waals surface area contributed by atoms with Gasteiger partial charge in [-0.2, -0.15) is 0 Å². The highest BCUT2D eigenvalue weighted by atomic mass is 16.6. The van der Waals surface area contributed by atoms with Gasteiger partial charge in [-0.3, -0.25) is 0 Å². The molecular weight excluding hydrogens is 296 g/mol. The Labute approximate surface area is 131 Å². The van der Waals surface area contributed by atoms with E-state index in [0.29, 0.717) is 13.2 Å². The standard InChI is InChI=1S/C8H19N.C3H9NO.2CH2O3/c1-3-5-6-8(4-2)7-9;1-5-3-2-4;2*2-1(3)4/h8H,3-7,9H2,1-2H3;2-4H2,1H3;2*(H2,2,3,4). The van der Waals surface area contributed by atoms with Gasteiger partial charge in [-0.05, 0) is 18.9 Å². The molecule has 0 radical (unpaired) electrons. The quantitative estimate of drug-likeness (QED) is 0.408. The Bertz CT molecular complexity index is 202. The van der Waals surface area contributed by atoms with Gasteiger partial charge in [-0.25, -0.2) is 9.59 Å². The van der Waals surface area contributed by atoms with E-state index in [2.05, 4.69) is 18.6 Å². The number of rotatable bonds is 7. The van der Waals surface area contributed by atoms with Crippen molar-refractivity contribution in [3.05, 3.63) is 0 Å². The summed E-state index contributed by atoms with van der Waals surface area (Å²) in [7, 11) is 1.63. The zero-order valence-electron chi connectivity index (χ0n) is 13.7. The Morgan fingerprint density at radius 2 is 1.45 bits per heavy atom. The maximum absolute atomic E-state index is 8.56. The maximum atomic E-state index is 8.56. The molecule has 22 heavy (non-hydrogen) atoms. The minimum absolute atomic E-state index is 0.622. The Kier molecular flexibility index (Phi) is 36.0. The molecule has 0 aliphatic heterocycles. The lowest BCUT2D eigenvalue weighted by atomic mass is 10.00. The van der Waals surface area contributed by atoms with E-state index in [4.69, 9.17) is 41.5 Å². The highest BCUT2D eigenvalue weighted by Crippen LogP contribution is 2.09. The molecule has 0 spiro atoms.